The lowest BCUT2D eigenvalue weighted by molar-refractivity contribution is 0.0520. The van der Waals surface area contributed by atoms with Crippen LogP contribution in [0.5, 0.6) is 0 Å². The molecule has 0 unspecified atom stereocenters. The van der Waals surface area contributed by atoms with Gasteiger partial charge in [0, 0.05) is 25.2 Å². The highest BCUT2D eigenvalue weighted by Gasteiger charge is 2.23. The summed E-state index contributed by atoms with van der Waals surface area (Å²) in [6, 6.07) is 8.51. The Morgan fingerprint density at radius 1 is 1.39 bits per heavy atom. The fourth-order valence-corrected chi connectivity index (χ4v) is 3.31. The second-order valence-electron chi connectivity index (χ2n) is 8.38. The van der Waals surface area contributed by atoms with Crippen molar-refractivity contribution in [1.82, 2.24) is 20.5 Å². The molecule has 1 aromatic rings. The van der Waals surface area contributed by atoms with Gasteiger partial charge in [-0.2, -0.15) is 5.26 Å². The van der Waals surface area contributed by atoms with Gasteiger partial charge in [-0.25, -0.2) is 9.78 Å². The largest absolute Gasteiger partial charge is 0.444 e. The molecule has 7 heteroatoms. The van der Waals surface area contributed by atoms with E-state index in [2.05, 4.69) is 33.5 Å². The van der Waals surface area contributed by atoms with Crippen LogP contribution in [0.3, 0.4) is 0 Å². The molecule has 1 aliphatic heterocycles. The number of rotatable bonds is 7. The topological polar surface area (TPSA) is 90.3 Å². The monoisotopic (exact) mass is 387 g/mol. The van der Waals surface area contributed by atoms with E-state index in [1.165, 1.54) is 0 Å². The van der Waals surface area contributed by atoms with E-state index in [0.29, 0.717) is 30.9 Å². The van der Waals surface area contributed by atoms with Crippen LogP contribution in [0.2, 0.25) is 0 Å². The van der Waals surface area contributed by atoms with Crippen LogP contribution in [0.1, 0.15) is 58.3 Å². The number of nitrogens with one attached hydrogen (secondary N) is 2. The Kier molecular flexibility index (Phi) is 8.21. The molecule has 1 fully saturated rings. The van der Waals surface area contributed by atoms with Crippen LogP contribution in [0.25, 0.3) is 0 Å². The van der Waals surface area contributed by atoms with Gasteiger partial charge in [0.25, 0.3) is 0 Å². The van der Waals surface area contributed by atoms with Crippen molar-refractivity contribution in [2.24, 2.45) is 0 Å². The fourth-order valence-electron chi connectivity index (χ4n) is 3.31. The Hall–Kier alpha value is -2.17. The van der Waals surface area contributed by atoms with E-state index in [9.17, 15) is 4.79 Å². The Bertz CT molecular complexity index is 672. The van der Waals surface area contributed by atoms with Crippen LogP contribution in [0.4, 0.5) is 4.79 Å². The second-order valence-corrected chi connectivity index (χ2v) is 8.38. The highest BCUT2D eigenvalue weighted by atomic mass is 16.6. The SMILES string of the molecule is C[C@H](CCNC(=O)OC(C)(C)C)N1CCC(NCc2cccc(C#N)n2)CC1. The number of carbonyl (C=O) groups excluding carboxylic acids is 1. The van der Waals surface area contributed by atoms with Gasteiger partial charge in [-0.15, -0.1) is 0 Å². The van der Waals surface area contributed by atoms with Gasteiger partial charge in [-0.3, -0.25) is 0 Å². The minimum atomic E-state index is -0.462. The number of pyridine rings is 1. The van der Waals surface area contributed by atoms with Gasteiger partial charge in [0.05, 0.1) is 5.69 Å². The van der Waals surface area contributed by atoms with Gasteiger partial charge < -0.3 is 20.3 Å². The van der Waals surface area contributed by atoms with Crippen LogP contribution >= 0.6 is 0 Å². The van der Waals surface area contributed by atoms with Crippen LogP contribution < -0.4 is 10.6 Å². The molecule has 2 rings (SSSR count). The van der Waals surface area contributed by atoms with E-state index in [4.69, 9.17) is 10.00 Å². The normalized spacial score (nSPS) is 17.0. The van der Waals surface area contributed by atoms with Crippen LogP contribution in [0.15, 0.2) is 18.2 Å². The molecule has 2 N–H and O–H groups in total. The summed E-state index contributed by atoms with van der Waals surface area (Å²) >= 11 is 0. The van der Waals surface area contributed by atoms with E-state index in [0.717, 1.165) is 38.0 Å². The molecule has 0 radical (unpaired) electrons. The first-order valence-electron chi connectivity index (χ1n) is 10.1. The van der Waals surface area contributed by atoms with Crippen LogP contribution in [0, 0.1) is 11.3 Å². The van der Waals surface area contributed by atoms with Gasteiger partial charge in [0.1, 0.15) is 17.4 Å². The van der Waals surface area contributed by atoms with Gasteiger partial charge in [-0.1, -0.05) is 6.07 Å². The molecule has 154 valence electrons. The number of alkyl carbamates (subject to hydrolysis) is 1. The van der Waals surface area contributed by atoms with Gasteiger partial charge in [0.15, 0.2) is 0 Å². The van der Waals surface area contributed by atoms with Crippen molar-refractivity contribution < 1.29 is 9.53 Å². The summed E-state index contributed by atoms with van der Waals surface area (Å²) in [6.07, 6.45) is 2.72. The molecule has 1 saturated heterocycles. The van der Waals surface area contributed by atoms with Crippen molar-refractivity contribution in [3.05, 3.63) is 29.6 Å². The van der Waals surface area contributed by atoms with Gasteiger partial charge in [-0.05, 0) is 72.2 Å². The summed E-state index contributed by atoms with van der Waals surface area (Å²) in [5.74, 6) is 0. The Morgan fingerprint density at radius 3 is 2.75 bits per heavy atom. The number of nitriles is 1. The molecule has 0 aliphatic carbocycles. The van der Waals surface area contributed by atoms with E-state index in [1.807, 2.05) is 32.9 Å². The first-order chi connectivity index (χ1) is 13.3. The molecule has 1 amide bonds. The number of aromatic nitrogens is 1. The zero-order valence-corrected chi connectivity index (χ0v) is 17.5. The third kappa shape index (κ3) is 7.83. The number of hydrogen-bond donors (Lipinski definition) is 2. The van der Waals surface area contributed by atoms with Crippen molar-refractivity contribution in [3.63, 3.8) is 0 Å². The number of likely N-dealkylation sites (tertiary alicyclic amines) is 1. The number of piperidine rings is 1. The third-order valence-corrected chi connectivity index (χ3v) is 4.88. The van der Waals surface area contributed by atoms with Crippen molar-refractivity contribution in [2.45, 2.75) is 71.2 Å². The zero-order chi connectivity index (χ0) is 20.6. The van der Waals surface area contributed by atoms with Crippen molar-refractivity contribution in [2.75, 3.05) is 19.6 Å². The molecule has 0 spiro atoms. The maximum atomic E-state index is 11.7. The Morgan fingerprint density at radius 2 is 2.11 bits per heavy atom. The number of nitrogens with zero attached hydrogens (tertiary/aromatic N) is 3. The van der Waals surface area contributed by atoms with E-state index < -0.39 is 5.60 Å². The minimum absolute atomic E-state index is 0.350. The van der Waals surface area contributed by atoms with Gasteiger partial charge >= 0.3 is 6.09 Å². The predicted molar refractivity (Wildman–Crippen MR) is 109 cm³/mol. The van der Waals surface area contributed by atoms with Crippen LogP contribution in [-0.4, -0.2) is 53.3 Å². The van der Waals surface area contributed by atoms with Crippen molar-refractivity contribution >= 4 is 6.09 Å². The molecular formula is C21H33N5O2. The average molecular weight is 388 g/mol. The number of hydrogen-bond acceptors (Lipinski definition) is 6. The van der Waals surface area contributed by atoms with E-state index >= 15 is 0 Å². The number of ether oxygens (including phenoxy) is 1. The molecule has 0 saturated carbocycles. The molecule has 0 bridgehead atoms. The number of amides is 1. The Balaban J connectivity index is 1.64. The minimum Gasteiger partial charge on any atom is -0.444 e. The first kappa shape index (κ1) is 22.1. The van der Waals surface area contributed by atoms with E-state index in [1.54, 1.807) is 6.07 Å². The summed E-state index contributed by atoms with van der Waals surface area (Å²) in [6.45, 7) is 11.2. The summed E-state index contributed by atoms with van der Waals surface area (Å²) < 4.78 is 5.26. The van der Waals surface area contributed by atoms with Crippen LogP contribution in [-0.2, 0) is 11.3 Å². The first-order valence-corrected chi connectivity index (χ1v) is 10.1. The lowest BCUT2D eigenvalue weighted by atomic mass is 10.0. The summed E-state index contributed by atoms with van der Waals surface area (Å²) in [5.41, 5.74) is 0.904. The van der Waals surface area contributed by atoms with Gasteiger partial charge in [0.2, 0.25) is 0 Å². The summed E-state index contributed by atoms with van der Waals surface area (Å²) in [5, 5.41) is 15.3. The molecule has 1 aromatic heterocycles. The summed E-state index contributed by atoms with van der Waals surface area (Å²) in [7, 11) is 0. The highest BCUT2D eigenvalue weighted by molar-refractivity contribution is 5.67. The lowest BCUT2D eigenvalue weighted by Gasteiger charge is -2.36. The Labute approximate surface area is 168 Å². The lowest BCUT2D eigenvalue weighted by Crippen LogP contribution is -2.46. The van der Waals surface area contributed by atoms with E-state index in [-0.39, 0.29) is 6.09 Å². The highest BCUT2D eigenvalue weighted by Crippen LogP contribution is 2.15. The molecule has 1 atom stereocenters. The van der Waals surface area contributed by atoms with Crippen molar-refractivity contribution in [3.8, 4) is 6.07 Å². The number of carbonyl (C=O) groups is 1. The zero-order valence-electron chi connectivity index (χ0n) is 17.5. The fraction of sp³-hybridized carbons (Fsp3) is 0.667. The molecule has 1 aliphatic rings. The molecule has 0 aromatic carbocycles. The molecule has 7 nitrogen and oxygen atoms in total. The molecule has 2 heterocycles. The maximum absolute atomic E-state index is 11.7. The smallest absolute Gasteiger partial charge is 0.407 e. The van der Waals surface area contributed by atoms with Crippen molar-refractivity contribution in [1.29, 1.82) is 5.26 Å². The quantitative estimate of drug-likeness (QED) is 0.748. The predicted octanol–water partition coefficient (Wildman–Crippen LogP) is 2.81. The summed E-state index contributed by atoms with van der Waals surface area (Å²) in [4.78, 5) is 18.5. The maximum Gasteiger partial charge on any atom is 0.407 e. The standard InChI is InChI=1S/C21H33N5O2/c1-16(8-11-23-20(27)28-21(2,3)4)26-12-9-17(10-13-26)24-15-19-7-5-6-18(14-22)25-19/h5-7,16-17,24H,8-13,15H2,1-4H3,(H,23,27)/t16-/m1/s1. The third-order valence-electron chi connectivity index (χ3n) is 4.88. The second kappa shape index (κ2) is 10.4. The molecular weight excluding hydrogens is 354 g/mol. The molecule has 28 heavy (non-hydrogen) atoms. The average Bonchev–Trinajstić information content (AvgIpc) is 2.65.